The number of methoxy groups -OCH3 is 2. The van der Waals surface area contributed by atoms with Gasteiger partial charge in [-0.1, -0.05) is 6.92 Å². The minimum Gasteiger partial charge on any atom is -0.493 e. The Morgan fingerprint density at radius 1 is 1.19 bits per heavy atom. The highest BCUT2D eigenvalue weighted by Crippen LogP contribution is 2.37. The van der Waals surface area contributed by atoms with E-state index in [2.05, 4.69) is 21.7 Å². The predicted octanol–water partition coefficient (Wildman–Crippen LogP) is 2.13. The number of fused-ring (bicyclic) bond motifs is 1. The van der Waals surface area contributed by atoms with Gasteiger partial charge >= 0.3 is 0 Å². The maximum Gasteiger partial charge on any atom is 0.166 e. The van der Waals surface area contributed by atoms with Crippen LogP contribution in [0.4, 0.5) is 5.69 Å². The zero-order chi connectivity index (χ0) is 15.0. The third kappa shape index (κ3) is 2.30. The summed E-state index contributed by atoms with van der Waals surface area (Å²) < 4.78 is 12.8. The van der Waals surface area contributed by atoms with Gasteiger partial charge in [-0.3, -0.25) is 0 Å². The van der Waals surface area contributed by atoms with Crippen molar-refractivity contribution in [3.05, 3.63) is 18.0 Å². The molecule has 1 atom stereocenters. The molecule has 2 aromatic rings. The monoisotopic (exact) mass is 288 g/mol. The van der Waals surface area contributed by atoms with E-state index in [1.165, 1.54) is 0 Å². The molecule has 2 heterocycles. The molecule has 6 heteroatoms. The van der Waals surface area contributed by atoms with Gasteiger partial charge in [-0.05, 0) is 18.4 Å². The molecule has 0 spiro atoms. The Morgan fingerprint density at radius 3 is 2.62 bits per heavy atom. The number of hydrogen-bond acceptors (Lipinski definition) is 5. The predicted molar refractivity (Wildman–Crippen MR) is 80.5 cm³/mol. The summed E-state index contributed by atoms with van der Waals surface area (Å²) in [5, 5.41) is 8.64. The van der Waals surface area contributed by atoms with E-state index in [1.807, 2.05) is 6.07 Å². The van der Waals surface area contributed by atoms with Gasteiger partial charge in [0.05, 0.1) is 14.2 Å². The van der Waals surface area contributed by atoms with E-state index in [9.17, 15) is 0 Å². The standard InChI is InChI=1S/C15H20N4O2/c1-9-4-5-19-14(6-9)17-18-15(19)10-7-12(20-2)13(21-3)8-11(10)16/h7-9H,4-6,16H2,1-3H3. The van der Waals surface area contributed by atoms with Crippen LogP contribution in [0.25, 0.3) is 11.4 Å². The van der Waals surface area contributed by atoms with Gasteiger partial charge in [-0.15, -0.1) is 10.2 Å². The number of benzene rings is 1. The van der Waals surface area contributed by atoms with E-state index in [0.717, 1.165) is 36.6 Å². The Balaban J connectivity index is 2.09. The van der Waals surface area contributed by atoms with E-state index >= 15 is 0 Å². The lowest BCUT2D eigenvalue weighted by Crippen LogP contribution is -2.18. The molecule has 1 aliphatic heterocycles. The van der Waals surface area contributed by atoms with Crippen molar-refractivity contribution in [1.82, 2.24) is 14.8 Å². The van der Waals surface area contributed by atoms with E-state index in [4.69, 9.17) is 15.2 Å². The number of anilines is 1. The highest BCUT2D eigenvalue weighted by molar-refractivity contribution is 5.76. The van der Waals surface area contributed by atoms with Gasteiger partial charge in [0.2, 0.25) is 0 Å². The second-order valence-electron chi connectivity index (χ2n) is 5.48. The third-order valence-electron chi connectivity index (χ3n) is 4.00. The van der Waals surface area contributed by atoms with Crippen molar-refractivity contribution in [2.75, 3.05) is 20.0 Å². The first-order valence-electron chi connectivity index (χ1n) is 7.08. The van der Waals surface area contributed by atoms with Crippen LogP contribution in [-0.4, -0.2) is 29.0 Å². The number of hydrogen-bond donors (Lipinski definition) is 1. The van der Waals surface area contributed by atoms with Gasteiger partial charge < -0.3 is 19.8 Å². The first-order valence-corrected chi connectivity index (χ1v) is 7.08. The second kappa shape index (κ2) is 5.27. The fourth-order valence-electron chi connectivity index (χ4n) is 2.77. The molecule has 0 bridgehead atoms. The summed E-state index contributed by atoms with van der Waals surface area (Å²) in [5.74, 6) is 3.74. The molecular weight excluding hydrogens is 268 g/mol. The minimum atomic E-state index is 0.612. The zero-order valence-electron chi connectivity index (χ0n) is 12.6. The zero-order valence-corrected chi connectivity index (χ0v) is 12.6. The maximum absolute atomic E-state index is 6.16. The highest BCUT2D eigenvalue weighted by Gasteiger charge is 2.23. The Labute approximate surface area is 123 Å². The molecule has 112 valence electrons. The molecule has 0 saturated heterocycles. The first-order chi connectivity index (χ1) is 10.1. The number of ether oxygens (including phenoxy) is 2. The van der Waals surface area contributed by atoms with Crippen LogP contribution in [0.5, 0.6) is 11.5 Å². The topological polar surface area (TPSA) is 75.2 Å². The van der Waals surface area contributed by atoms with Crippen molar-refractivity contribution < 1.29 is 9.47 Å². The molecule has 0 aliphatic carbocycles. The molecule has 6 nitrogen and oxygen atoms in total. The van der Waals surface area contributed by atoms with Crippen LogP contribution in [-0.2, 0) is 13.0 Å². The van der Waals surface area contributed by atoms with Gasteiger partial charge in [0.15, 0.2) is 17.3 Å². The average Bonchev–Trinajstić information content (AvgIpc) is 2.89. The van der Waals surface area contributed by atoms with Gasteiger partial charge in [0, 0.05) is 30.3 Å². The summed E-state index contributed by atoms with van der Waals surface area (Å²) in [7, 11) is 3.20. The number of aromatic nitrogens is 3. The summed E-state index contributed by atoms with van der Waals surface area (Å²) in [6, 6.07) is 3.63. The molecule has 0 fully saturated rings. The van der Waals surface area contributed by atoms with Crippen molar-refractivity contribution >= 4 is 5.69 Å². The molecule has 2 N–H and O–H groups in total. The number of rotatable bonds is 3. The molecule has 0 saturated carbocycles. The first kappa shape index (κ1) is 13.7. The van der Waals surface area contributed by atoms with Crippen LogP contribution in [0.3, 0.4) is 0 Å². The van der Waals surface area contributed by atoms with Crippen LogP contribution in [0.15, 0.2) is 12.1 Å². The van der Waals surface area contributed by atoms with Gasteiger partial charge in [0.1, 0.15) is 5.82 Å². The van der Waals surface area contributed by atoms with Crippen LogP contribution >= 0.6 is 0 Å². The largest absolute Gasteiger partial charge is 0.493 e. The number of nitrogen functional groups attached to an aromatic ring is 1. The molecule has 21 heavy (non-hydrogen) atoms. The fraction of sp³-hybridized carbons (Fsp3) is 0.467. The van der Waals surface area contributed by atoms with Crippen LogP contribution in [0.1, 0.15) is 19.2 Å². The van der Waals surface area contributed by atoms with E-state index < -0.39 is 0 Å². The molecular formula is C15H20N4O2. The highest BCUT2D eigenvalue weighted by atomic mass is 16.5. The van der Waals surface area contributed by atoms with Crippen molar-refractivity contribution in [3.8, 4) is 22.9 Å². The fourth-order valence-corrected chi connectivity index (χ4v) is 2.77. The summed E-state index contributed by atoms with van der Waals surface area (Å²) in [4.78, 5) is 0. The van der Waals surface area contributed by atoms with E-state index in [1.54, 1.807) is 20.3 Å². The normalized spacial score (nSPS) is 17.4. The molecule has 1 aromatic carbocycles. The van der Waals surface area contributed by atoms with E-state index in [-0.39, 0.29) is 0 Å². The lowest BCUT2D eigenvalue weighted by molar-refractivity contribution is 0.355. The van der Waals surface area contributed by atoms with Crippen molar-refractivity contribution in [2.45, 2.75) is 26.3 Å². The number of nitrogens with zero attached hydrogens (tertiary/aromatic N) is 3. The lowest BCUT2D eigenvalue weighted by atomic mass is 10.00. The summed E-state index contributed by atoms with van der Waals surface area (Å²) >= 11 is 0. The molecule has 1 aliphatic rings. The Hall–Kier alpha value is -2.24. The Bertz CT molecular complexity index is 666. The summed E-state index contributed by atoms with van der Waals surface area (Å²) in [5.41, 5.74) is 7.60. The number of nitrogens with two attached hydrogens (primary N) is 1. The van der Waals surface area contributed by atoms with Gasteiger partial charge in [-0.25, -0.2) is 0 Å². The molecule has 0 amide bonds. The third-order valence-corrected chi connectivity index (χ3v) is 4.00. The average molecular weight is 288 g/mol. The summed E-state index contributed by atoms with van der Waals surface area (Å²) in [6.45, 7) is 3.16. The van der Waals surface area contributed by atoms with Crippen LogP contribution in [0.2, 0.25) is 0 Å². The summed E-state index contributed by atoms with van der Waals surface area (Å²) in [6.07, 6.45) is 2.09. The lowest BCUT2D eigenvalue weighted by Gasteiger charge is -2.21. The van der Waals surface area contributed by atoms with Gasteiger partial charge in [-0.2, -0.15) is 0 Å². The maximum atomic E-state index is 6.16. The Morgan fingerprint density at radius 2 is 1.90 bits per heavy atom. The Kier molecular flexibility index (Phi) is 3.45. The molecule has 1 aromatic heterocycles. The van der Waals surface area contributed by atoms with Crippen molar-refractivity contribution in [3.63, 3.8) is 0 Å². The van der Waals surface area contributed by atoms with Crippen molar-refractivity contribution in [1.29, 1.82) is 0 Å². The van der Waals surface area contributed by atoms with Crippen LogP contribution < -0.4 is 15.2 Å². The molecule has 0 radical (unpaired) electrons. The van der Waals surface area contributed by atoms with Crippen molar-refractivity contribution in [2.24, 2.45) is 5.92 Å². The quantitative estimate of drug-likeness (QED) is 0.876. The SMILES string of the molecule is COc1cc(N)c(-c2nnc3n2CCC(C)C3)cc1OC. The smallest absolute Gasteiger partial charge is 0.166 e. The second-order valence-corrected chi connectivity index (χ2v) is 5.48. The molecule has 3 rings (SSSR count). The van der Waals surface area contributed by atoms with E-state index in [0.29, 0.717) is 23.1 Å². The molecule has 1 unspecified atom stereocenters. The van der Waals surface area contributed by atoms with Gasteiger partial charge in [0.25, 0.3) is 0 Å². The van der Waals surface area contributed by atoms with Crippen LogP contribution in [0, 0.1) is 5.92 Å². The minimum absolute atomic E-state index is 0.612.